The average molecular weight is 291 g/mol. The first kappa shape index (κ1) is 16.3. The molecule has 7 heteroatoms. The third-order valence-corrected chi connectivity index (χ3v) is 2.80. The molecule has 0 fully saturated rings. The zero-order valence-electron chi connectivity index (χ0n) is 11.2. The first-order valence-corrected chi connectivity index (χ1v) is 6.09. The van der Waals surface area contributed by atoms with Gasteiger partial charge in [-0.2, -0.15) is 4.39 Å². The van der Waals surface area contributed by atoms with Crippen LogP contribution in [0.5, 0.6) is 5.75 Å². The lowest BCUT2D eigenvalue weighted by Crippen LogP contribution is -2.38. The molecule has 0 aromatic heterocycles. The highest BCUT2D eigenvalue weighted by Gasteiger charge is 2.26. The fraction of sp³-hybridized carbons (Fsp3) is 0.462. The Bertz CT molecular complexity index is 506. The van der Waals surface area contributed by atoms with Crippen molar-refractivity contribution in [3.63, 3.8) is 0 Å². The Labute approximate surface area is 114 Å². The number of hydrogen-bond donors (Lipinski definition) is 2. The fourth-order valence-electron chi connectivity index (χ4n) is 1.74. The Morgan fingerprint density at radius 1 is 1.30 bits per heavy atom. The number of phenolic OH excluding ortho intramolecular Hbond substituents is 1. The molecular weight excluding hydrogens is 275 g/mol. The van der Waals surface area contributed by atoms with E-state index < -0.39 is 34.7 Å². The number of carbonyl (C=O) groups is 1. The van der Waals surface area contributed by atoms with Gasteiger partial charge in [-0.25, -0.2) is 8.78 Å². The molecule has 0 aliphatic heterocycles. The van der Waals surface area contributed by atoms with Crippen molar-refractivity contribution in [3.8, 4) is 5.75 Å². The van der Waals surface area contributed by atoms with Crippen molar-refractivity contribution in [2.75, 3.05) is 13.2 Å². The van der Waals surface area contributed by atoms with E-state index in [1.165, 1.54) is 4.90 Å². The summed E-state index contributed by atoms with van der Waals surface area (Å²) in [5.74, 6) is -7.12. The van der Waals surface area contributed by atoms with Crippen LogP contribution in [0.2, 0.25) is 0 Å². The summed E-state index contributed by atoms with van der Waals surface area (Å²) in [7, 11) is 0. The smallest absolute Gasteiger partial charge is 0.257 e. The molecule has 0 spiro atoms. The van der Waals surface area contributed by atoms with Gasteiger partial charge in [0.05, 0.1) is 5.56 Å². The first-order chi connectivity index (χ1) is 9.31. The van der Waals surface area contributed by atoms with E-state index in [9.17, 15) is 18.0 Å². The molecule has 0 radical (unpaired) electrons. The predicted octanol–water partition coefficient (Wildman–Crippen LogP) is 2.04. The molecule has 0 atom stereocenters. The van der Waals surface area contributed by atoms with Crippen molar-refractivity contribution < 1.29 is 28.2 Å². The van der Waals surface area contributed by atoms with Crippen LogP contribution in [0.4, 0.5) is 13.2 Å². The monoisotopic (exact) mass is 291 g/mol. The normalized spacial score (nSPS) is 10.9. The Kier molecular flexibility index (Phi) is 5.38. The number of aliphatic hydroxyl groups excluding tert-OH is 1. The summed E-state index contributed by atoms with van der Waals surface area (Å²) < 4.78 is 39.8. The number of phenols is 1. The van der Waals surface area contributed by atoms with E-state index in [1.807, 2.05) is 0 Å². The van der Waals surface area contributed by atoms with Gasteiger partial charge in [0.1, 0.15) is 0 Å². The SMILES string of the molecule is CC(C)N(CCCO)C(=O)c1cc(F)c(F)c(O)c1F. The highest BCUT2D eigenvalue weighted by molar-refractivity contribution is 5.95. The Hall–Kier alpha value is -1.76. The van der Waals surface area contributed by atoms with Crippen molar-refractivity contribution in [2.24, 2.45) is 0 Å². The molecular formula is C13H16F3NO3. The number of rotatable bonds is 5. The quantitative estimate of drug-likeness (QED) is 0.816. The largest absolute Gasteiger partial charge is 0.503 e. The second-order valence-electron chi connectivity index (χ2n) is 4.55. The number of aliphatic hydroxyl groups is 1. The summed E-state index contributed by atoms with van der Waals surface area (Å²) in [4.78, 5) is 13.3. The molecule has 2 N–H and O–H groups in total. The van der Waals surface area contributed by atoms with Crippen LogP contribution >= 0.6 is 0 Å². The summed E-state index contributed by atoms with van der Waals surface area (Å²) >= 11 is 0. The predicted molar refractivity (Wildman–Crippen MR) is 65.9 cm³/mol. The summed E-state index contributed by atoms with van der Waals surface area (Å²) in [5.41, 5.74) is -0.743. The van der Waals surface area contributed by atoms with Crippen LogP contribution in [0, 0.1) is 17.5 Å². The Balaban J connectivity index is 3.18. The van der Waals surface area contributed by atoms with Crippen LogP contribution in [0.15, 0.2) is 6.07 Å². The van der Waals surface area contributed by atoms with Crippen molar-refractivity contribution in [3.05, 3.63) is 29.1 Å². The topological polar surface area (TPSA) is 60.8 Å². The highest BCUT2D eigenvalue weighted by atomic mass is 19.2. The average Bonchev–Trinajstić information content (AvgIpc) is 2.40. The second-order valence-corrected chi connectivity index (χ2v) is 4.55. The van der Waals surface area contributed by atoms with Crippen molar-refractivity contribution >= 4 is 5.91 Å². The van der Waals surface area contributed by atoms with E-state index in [-0.39, 0.29) is 25.6 Å². The van der Waals surface area contributed by atoms with E-state index in [2.05, 4.69) is 0 Å². The van der Waals surface area contributed by atoms with Crippen LogP contribution in [0.25, 0.3) is 0 Å². The number of carbonyl (C=O) groups excluding carboxylic acids is 1. The zero-order valence-corrected chi connectivity index (χ0v) is 11.2. The van der Waals surface area contributed by atoms with Gasteiger partial charge in [-0.05, 0) is 26.3 Å². The van der Waals surface area contributed by atoms with Gasteiger partial charge in [0.25, 0.3) is 5.91 Å². The molecule has 1 amide bonds. The minimum Gasteiger partial charge on any atom is -0.503 e. The lowest BCUT2D eigenvalue weighted by molar-refractivity contribution is 0.0686. The van der Waals surface area contributed by atoms with E-state index >= 15 is 0 Å². The minimum atomic E-state index is -1.73. The Morgan fingerprint density at radius 2 is 1.90 bits per heavy atom. The molecule has 0 saturated heterocycles. The van der Waals surface area contributed by atoms with E-state index in [0.29, 0.717) is 6.07 Å². The molecule has 0 bridgehead atoms. The summed E-state index contributed by atoms with van der Waals surface area (Å²) in [6, 6.07) is 0.0878. The van der Waals surface area contributed by atoms with Gasteiger partial charge in [-0.15, -0.1) is 0 Å². The fourth-order valence-corrected chi connectivity index (χ4v) is 1.74. The number of benzene rings is 1. The lowest BCUT2D eigenvalue weighted by Gasteiger charge is -2.27. The van der Waals surface area contributed by atoms with Gasteiger partial charge in [0, 0.05) is 19.2 Å². The number of halogens is 3. The first-order valence-electron chi connectivity index (χ1n) is 6.09. The maximum Gasteiger partial charge on any atom is 0.257 e. The van der Waals surface area contributed by atoms with Crippen LogP contribution < -0.4 is 0 Å². The number of amides is 1. The second kappa shape index (κ2) is 6.60. The molecule has 4 nitrogen and oxygen atoms in total. The molecule has 0 saturated carbocycles. The molecule has 1 aromatic rings. The number of nitrogens with zero attached hydrogens (tertiary/aromatic N) is 1. The van der Waals surface area contributed by atoms with Gasteiger partial charge in [0.2, 0.25) is 5.82 Å². The highest BCUT2D eigenvalue weighted by Crippen LogP contribution is 2.27. The van der Waals surface area contributed by atoms with Gasteiger partial charge >= 0.3 is 0 Å². The molecule has 0 unspecified atom stereocenters. The molecule has 1 aromatic carbocycles. The molecule has 1 rings (SSSR count). The molecule has 20 heavy (non-hydrogen) atoms. The standard InChI is InChI=1S/C13H16F3NO3/c1-7(2)17(4-3-5-18)13(20)8-6-9(14)11(16)12(19)10(8)15/h6-7,18-19H,3-5H2,1-2H3. The van der Waals surface area contributed by atoms with Crippen molar-refractivity contribution in [2.45, 2.75) is 26.3 Å². The third kappa shape index (κ3) is 3.22. The van der Waals surface area contributed by atoms with Crippen LogP contribution in [0.1, 0.15) is 30.6 Å². The number of hydrogen-bond acceptors (Lipinski definition) is 3. The molecule has 0 aliphatic carbocycles. The van der Waals surface area contributed by atoms with Gasteiger partial charge in [-0.1, -0.05) is 0 Å². The van der Waals surface area contributed by atoms with Crippen LogP contribution in [0.3, 0.4) is 0 Å². The van der Waals surface area contributed by atoms with Crippen LogP contribution in [-0.4, -0.2) is 40.2 Å². The summed E-state index contributed by atoms with van der Waals surface area (Å²) in [6.45, 7) is 3.29. The van der Waals surface area contributed by atoms with E-state index in [0.717, 1.165) is 0 Å². The summed E-state index contributed by atoms with van der Waals surface area (Å²) in [6.07, 6.45) is 0.265. The third-order valence-electron chi connectivity index (χ3n) is 2.80. The molecule has 112 valence electrons. The maximum atomic E-state index is 13.7. The zero-order chi connectivity index (χ0) is 15.4. The minimum absolute atomic E-state index is 0.131. The van der Waals surface area contributed by atoms with E-state index in [4.69, 9.17) is 10.2 Å². The van der Waals surface area contributed by atoms with Crippen molar-refractivity contribution in [1.29, 1.82) is 0 Å². The van der Waals surface area contributed by atoms with Gasteiger partial charge < -0.3 is 15.1 Å². The lowest BCUT2D eigenvalue weighted by atomic mass is 10.1. The van der Waals surface area contributed by atoms with E-state index in [1.54, 1.807) is 13.8 Å². The van der Waals surface area contributed by atoms with Gasteiger partial charge in [0.15, 0.2) is 17.4 Å². The molecule has 0 aliphatic rings. The van der Waals surface area contributed by atoms with Crippen LogP contribution in [-0.2, 0) is 0 Å². The van der Waals surface area contributed by atoms with Gasteiger partial charge in [-0.3, -0.25) is 4.79 Å². The summed E-state index contributed by atoms with van der Waals surface area (Å²) in [5, 5.41) is 17.9. The van der Waals surface area contributed by atoms with Crippen molar-refractivity contribution in [1.82, 2.24) is 4.90 Å². The Morgan fingerprint density at radius 3 is 2.40 bits per heavy atom. The number of aromatic hydroxyl groups is 1. The maximum absolute atomic E-state index is 13.7. The molecule has 0 heterocycles.